The third-order valence-electron chi connectivity index (χ3n) is 3.49. The summed E-state index contributed by atoms with van der Waals surface area (Å²) < 4.78 is 18.3. The standard InChI is InChI=1S/C15H21FN2O2S/c1-20-12-15(19)18-8-6-17(7-9-18)10-11-21-14-5-3-2-4-13(14)16/h2-5H,6-12H2,1H3. The van der Waals surface area contributed by atoms with Crippen LogP contribution in [0.1, 0.15) is 0 Å². The van der Waals surface area contributed by atoms with Crippen LogP contribution in [0, 0.1) is 5.82 Å². The number of methoxy groups -OCH3 is 1. The van der Waals surface area contributed by atoms with Crippen molar-refractivity contribution in [3.05, 3.63) is 30.1 Å². The molecule has 0 aliphatic carbocycles. The summed E-state index contributed by atoms with van der Waals surface area (Å²) in [6.45, 7) is 4.29. The average molecular weight is 312 g/mol. The van der Waals surface area contributed by atoms with Gasteiger partial charge in [0.2, 0.25) is 5.91 Å². The summed E-state index contributed by atoms with van der Waals surface area (Å²) in [6.07, 6.45) is 0. The Morgan fingerprint density at radius 3 is 2.67 bits per heavy atom. The zero-order valence-electron chi connectivity index (χ0n) is 12.3. The number of thioether (sulfide) groups is 1. The minimum atomic E-state index is -0.155. The minimum absolute atomic E-state index is 0.0536. The van der Waals surface area contributed by atoms with Gasteiger partial charge < -0.3 is 9.64 Å². The lowest BCUT2D eigenvalue weighted by molar-refractivity contribution is -0.136. The molecule has 1 aromatic carbocycles. The maximum atomic E-state index is 13.5. The van der Waals surface area contributed by atoms with Crippen LogP contribution in [-0.4, -0.2) is 67.9 Å². The van der Waals surface area contributed by atoms with E-state index < -0.39 is 0 Å². The molecule has 21 heavy (non-hydrogen) atoms. The maximum Gasteiger partial charge on any atom is 0.248 e. The van der Waals surface area contributed by atoms with Crippen LogP contribution in [0.5, 0.6) is 0 Å². The van der Waals surface area contributed by atoms with E-state index in [0.717, 1.165) is 38.5 Å². The molecule has 0 saturated carbocycles. The van der Waals surface area contributed by atoms with Gasteiger partial charge >= 0.3 is 0 Å². The van der Waals surface area contributed by atoms with Crippen molar-refractivity contribution in [2.75, 3.05) is 52.2 Å². The average Bonchev–Trinajstić information content (AvgIpc) is 2.50. The number of carbonyl (C=O) groups excluding carboxylic acids is 1. The topological polar surface area (TPSA) is 32.8 Å². The summed E-state index contributed by atoms with van der Waals surface area (Å²) in [7, 11) is 1.54. The molecule has 2 rings (SSSR count). The van der Waals surface area contributed by atoms with Gasteiger partial charge in [0.25, 0.3) is 0 Å². The second-order valence-corrected chi connectivity index (χ2v) is 6.07. The van der Waals surface area contributed by atoms with E-state index in [4.69, 9.17) is 4.74 Å². The minimum Gasteiger partial charge on any atom is -0.375 e. The molecule has 1 aliphatic heterocycles. The van der Waals surface area contributed by atoms with Gasteiger partial charge in [0.05, 0.1) is 0 Å². The molecule has 0 N–H and O–H groups in total. The van der Waals surface area contributed by atoms with Crippen molar-refractivity contribution in [2.24, 2.45) is 0 Å². The third-order valence-corrected chi connectivity index (χ3v) is 4.52. The molecular weight excluding hydrogens is 291 g/mol. The van der Waals surface area contributed by atoms with Gasteiger partial charge in [0, 0.05) is 50.5 Å². The first kappa shape index (κ1) is 16.3. The smallest absolute Gasteiger partial charge is 0.248 e. The fraction of sp³-hybridized carbons (Fsp3) is 0.533. The first-order valence-electron chi connectivity index (χ1n) is 7.07. The number of benzene rings is 1. The van der Waals surface area contributed by atoms with Crippen LogP contribution in [-0.2, 0) is 9.53 Å². The maximum absolute atomic E-state index is 13.5. The molecule has 1 heterocycles. The molecule has 0 atom stereocenters. The number of hydrogen-bond donors (Lipinski definition) is 0. The van der Waals surface area contributed by atoms with Crippen LogP contribution in [0.25, 0.3) is 0 Å². The van der Waals surface area contributed by atoms with Crippen molar-refractivity contribution in [2.45, 2.75) is 4.90 Å². The van der Waals surface area contributed by atoms with Crippen molar-refractivity contribution in [1.29, 1.82) is 0 Å². The molecule has 0 spiro atoms. The zero-order valence-corrected chi connectivity index (χ0v) is 13.1. The molecule has 6 heteroatoms. The molecule has 1 fully saturated rings. The Kier molecular flexibility index (Phi) is 6.48. The van der Waals surface area contributed by atoms with Gasteiger partial charge in [-0.2, -0.15) is 0 Å². The molecule has 1 amide bonds. The molecule has 0 radical (unpaired) electrons. The van der Waals surface area contributed by atoms with E-state index in [9.17, 15) is 9.18 Å². The quantitative estimate of drug-likeness (QED) is 0.749. The molecular formula is C15H21FN2O2S. The van der Waals surface area contributed by atoms with Crippen molar-refractivity contribution in [3.8, 4) is 0 Å². The Labute approximate surface area is 129 Å². The monoisotopic (exact) mass is 312 g/mol. The van der Waals surface area contributed by atoms with Gasteiger partial charge in [-0.1, -0.05) is 12.1 Å². The number of halogens is 1. The molecule has 1 aliphatic rings. The van der Waals surface area contributed by atoms with E-state index in [2.05, 4.69) is 4.90 Å². The fourth-order valence-electron chi connectivity index (χ4n) is 2.28. The Bertz CT molecular complexity index is 465. The Morgan fingerprint density at radius 2 is 2.00 bits per heavy atom. The molecule has 0 unspecified atom stereocenters. The predicted molar refractivity (Wildman–Crippen MR) is 82.0 cm³/mol. The van der Waals surface area contributed by atoms with E-state index >= 15 is 0 Å². The van der Waals surface area contributed by atoms with E-state index in [1.54, 1.807) is 12.1 Å². The van der Waals surface area contributed by atoms with Gasteiger partial charge in [0.15, 0.2) is 0 Å². The van der Waals surface area contributed by atoms with Crippen LogP contribution >= 0.6 is 11.8 Å². The zero-order chi connectivity index (χ0) is 15.1. The van der Waals surface area contributed by atoms with Crippen molar-refractivity contribution in [3.63, 3.8) is 0 Å². The summed E-state index contributed by atoms with van der Waals surface area (Å²) >= 11 is 1.54. The molecule has 1 saturated heterocycles. The highest BCUT2D eigenvalue weighted by Gasteiger charge is 2.20. The van der Waals surface area contributed by atoms with Crippen LogP contribution in [0.4, 0.5) is 4.39 Å². The van der Waals surface area contributed by atoms with Crippen LogP contribution in [0.3, 0.4) is 0 Å². The first-order chi connectivity index (χ1) is 10.2. The number of piperazine rings is 1. The Morgan fingerprint density at radius 1 is 1.29 bits per heavy atom. The highest BCUT2D eigenvalue weighted by molar-refractivity contribution is 7.99. The molecule has 4 nitrogen and oxygen atoms in total. The van der Waals surface area contributed by atoms with Gasteiger partial charge in [-0.25, -0.2) is 4.39 Å². The van der Waals surface area contributed by atoms with Crippen molar-refractivity contribution in [1.82, 2.24) is 9.80 Å². The van der Waals surface area contributed by atoms with E-state index in [1.807, 2.05) is 11.0 Å². The SMILES string of the molecule is COCC(=O)N1CCN(CCSc2ccccc2F)CC1. The fourth-order valence-corrected chi connectivity index (χ4v) is 3.23. The summed E-state index contributed by atoms with van der Waals surface area (Å²) in [4.78, 5) is 16.5. The molecule has 116 valence electrons. The highest BCUT2D eigenvalue weighted by atomic mass is 32.2. The summed E-state index contributed by atoms with van der Waals surface area (Å²) in [6, 6.07) is 6.85. The highest BCUT2D eigenvalue weighted by Crippen LogP contribution is 2.21. The van der Waals surface area contributed by atoms with Crippen LogP contribution in [0.15, 0.2) is 29.2 Å². The van der Waals surface area contributed by atoms with Crippen molar-refractivity contribution >= 4 is 17.7 Å². The summed E-state index contributed by atoms with van der Waals surface area (Å²) in [5.41, 5.74) is 0. The Hall–Kier alpha value is -1.11. The number of ether oxygens (including phenoxy) is 1. The second kappa shape index (κ2) is 8.36. The molecule has 0 bridgehead atoms. The Balaban J connectivity index is 1.67. The normalized spacial score (nSPS) is 16.2. The number of amides is 1. The van der Waals surface area contributed by atoms with Crippen LogP contribution in [0.2, 0.25) is 0 Å². The second-order valence-electron chi connectivity index (χ2n) is 4.93. The van der Waals surface area contributed by atoms with Gasteiger partial charge in [0.1, 0.15) is 12.4 Å². The molecule has 0 aromatic heterocycles. The number of carbonyl (C=O) groups is 1. The van der Waals surface area contributed by atoms with Gasteiger partial charge in [-0.05, 0) is 12.1 Å². The number of nitrogens with zero attached hydrogens (tertiary/aromatic N) is 2. The van der Waals surface area contributed by atoms with E-state index in [-0.39, 0.29) is 18.3 Å². The largest absolute Gasteiger partial charge is 0.375 e. The number of hydrogen-bond acceptors (Lipinski definition) is 4. The first-order valence-corrected chi connectivity index (χ1v) is 8.05. The van der Waals surface area contributed by atoms with Crippen LogP contribution < -0.4 is 0 Å². The summed E-state index contributed by atoms with van der Waals surface area (Å²) in [5, 5.41) is 0. The summed E-state index contributed by atoms with van der Waals surface area (Å²) in [5.74, 6) is 0.753. The lowest BCUT2D eigenvalue weighted by Gasteiger charge is -2.34. The van der Waals surface area contributed by atoms with Crippen molar-refractivity contribution < 1.29 is 13.9 Å². The number of rotatable bonds is 6. The van der Waals surface area contributed by atoms with Gasteiger partial charge in [-0.3, -0.25) is 9.69 Å². The van der Waals surface area contributed by atoms with E-state index in [1.165, 1.54) is 24.9 Å². The molecule has 1 aromatic rings. The third kappa shape index (κ3) is 4.98. The predicted octanol–water partition coefficient (Wildman–Crippen LogP) is 1.71. The van der Waals surface area contributed by atoms with E-state index in [0.29, 0.717) is 4.90 Å². The van der Waals surface area contributed by atoms with Gasteiger partial charge in [-0.15, -0.1) is 11.8 Å². The lowest BCUT2D eigenvalue weighted by Crippen LogP contribution is -2.50. The lowest BCUT2D eigenvalue weighted by atomic mass is 10.3.